The van der Waals surface area contributed by atoms with Gasteiger partial charge in [0.05, 0.1) is 19.4 Å². The van der Waals surface area contributed by atoms with Gasteiger partial charge in [0.15, 0.2) is 0 Å². The Morgan fingerprint density at radius 2 is 2.14 bits per heavy atom. The average molecular weight is 296 g/mol. The largest absolute Gasteiger partial charge is 0.478 e. The van der Waals surface area contributed by atoms with Crippen molar-refractivity contribution in [1.29, 1.82) is 0 Å². The molecule has 1 aliphatic rings. The van der Waals surface area contributed by atoms with Crippen molar-refractivity contribution in [2.24, 2.45) is 7.05 Å². The fourth-order valence-electron chi connectivity index (χ4n) is 2.37. The molecule has 21 heavy (non-hydrogen) atoms. The van der Waals surface area contributed by atoms with Gasteiger partial charge in [-0.2, -0.15) is 5.10 Å². The van der Waals surface area contributed by atoms with Gasteiger partial charge < -0.3 is 15.2 Å². The Bertz CT molecular complexity index is 522. The van der Waals surface area contributed by atoms with E-state index in [0.29, 0.717) is 19.8 Å². The number of carboxylic acid groups (broad SMARTS) is 1. The minimum absolute atomic E-state index is 0.0660. The van der Waals surface area contributed by atoms with E-state index in [-0.39, 0.29) is 17.3 Å². The summed E-state index contributed by atoms with van der Waals surface area (Å²) in [7, 11) is 1.55. The third-order valence-electron chi connectivity index (χ3n) is 3.40. The lowest BCUT2D eigenvalue weighted by atomic mass is 10.2. The molecule has 2 heterocycles. The Labute approximate surface area is 122 Å². The van der Waals surface area contributed by atoms with Crippen LogP contribution in [0.4, 0.5) is 0 Å². The first-order chi connectivity index (χ1) is 9.99. The molecule has 8 nitrogen and oxygen atoms in total. The van der Waals surface area contributed by atoms with Gasteiger partial charge in [-0.25, -0.2) is 4.79 Å². The van der Waals surface area contributed by atoms with E-state index in [9.17, 15) is 9.59 Å². The lowest BCUT2D eigenvalue weighted by Crippen LogP contribution is -2.46. The van der Waals surface area contributed by atoms with Crippen LogP contribution < -0.4 is 5.32 Å². The minimum Gasteiger partial charge on any atom is -0.478 e. The van der Waals surface area contributed by atoms with E-state index in [4.69, 9.17) is 9.84 Å². The molecule has 1 aromatic rings. The van der Waals surface area contributed by atoms with Crippen LogP contribution in [0.15, 0.2) is 6.20 Å². The Morgan fingerprint density at radius 1 is 1.48 bits per heavy atom. The van der Waals surface area contributed by atoms with Gasteiger partial charge >= 0.3 is 5.97 Å². The second-order valence-corrected chi connectivity index (χ2v) is 5.12. The molecule has 116 valence electrons. The maximum Gasteiger partial charge on any atom is 0.339 e. The third-order valence-corrected chi connectivity index (χ3v) is 3.40. The van der Waals surface area contributed by atoms with E-state index in [1.807, 2.05) is 6.92 Å². The molecule has 1 amide bonds. The highest BCUT2D eigenvalue weighted by molar-refractivity contribution is 6.03. The number of nitrogens with one attached hydrogen (secondary N) is 1. The second kappa shape index (κ2) is 6.68. The first kappa shape index (κ1) is 15.5. The van der Waals surface area contributed by atoms with E-state index in [2.05, 4.69) is 15.3 Å². The summed E-state index contributed by atoms with van der Waals surface area (Å²) in [5, 5.41) is 15.7. The van der Waals surface area contributed by atoms with Gasteiger partial charge in [0.1, 0.15) is 11.3 Å². The summed E-state index contributed by atoms with van der Waals surface area (Å²) in [6, 6.07) is -0.0906. The zero-order chi connectivity index (χ0) is 15.4. The molecule has 0 saturated carbocycles. The number of carbonyl (C=O) groups is 2. The zero-order valence-corrected chi connectivity index (χ0v) is 12.2. The summed E-state index contributed by atoms with van der Waals surface area (Å²) in [4.78, 5) is 25.5. The summed E-state index contributed by atoms with van der Waals surface area (Å²) in [5.41, 5.74) is -0.0232. The van der Waals surface area contributed by atoms with Crippen LogP contribution in [0.1, 0.15) is 27.8 Å². The number of carboxylic acids is 1. The van der Waals surface area contributed by atoms with Gasteiger partial charge in [0.25, 0.3) is 5.91 Å². The monoisotopic (exact) mass is 296 g/mol. The Balaban J connectivity index is 1.97. The Kier molecular flexibility index (Phi) is 4.92. The molecular weight excluding hydrogens is 276 g/mol. The van der Waals surface area contributed by atoms with Gasteiger partial charge in [0, 0.05) is 32.7 Å². The number of carbonyl (C=O) groups excluding carboxylic acids is 1. The quantitative estimate of drug-likeness (QED) is 0.765. The molecule has 1 unspecified atom stereocenters. The van der Waals surface area contributed by atoms with Crippen molar-refractivity contribution < 1.29 is 19.4 Å². The molecule has 1 fully saturated rings. The second-order valence-electron chi connectivity index (χ2n) is 5.12. The first-order valence-electron chi connectivity index (χ1n) is 6.85. The lowest BCUT2D eigenvalue weighted by molar-refractivity contribution is 0.0342. The summed E-state index contributed by atoms with van der Waals surface area (Å²) in [6.45, 7) is 5.68. The van der Waals surface area contributed by atoms with Crippen LogP contribution >= 0.6 is 0 Å². The molecule has 2 rings (SSSR count). The van der Waals surface area contributed by atoms with Crippen LogP contribution in [-0.2, 0) is 11.8 Å². The van der Waals surface area contributed by atoms with Crippen LogP contribution in [0.3, 0.4) is 0 Å². The normalized spacial score (nSPS) is 17.4. The van der Waals surface area contributed by atoms with Crippen molar-refractivity contribution in [2.75, 3.05) is 32.8 Å². The van der Waals surface area contributed by atoms with E-state index >= 15 is 0 Å². The number of morpholine rings is 1. The number of ether oxygens (including phenoxy) is 1. The predicted octanol–water partition coefficient (Wildman–Crippen LogP) is -0.431. The molecule has 8 heteroatoms. The Hall–Kier alpha value is -1.93. The topological polar surface area (TPSA) is 96.7 Å². The van der Waals surface area contributed by atoms with E-state index in [1.165, 1.54) is 10.9 Å². The number of hydrogen-bond acceptors (Lipinski definition) is 5. The number of nitrogens with zero attached hydrogens (tertiary/aromatic N) is 3. The summed E-state index contributed by atoms with van der Waals surface area (Å²) >= 11 is 0. The van der Waals surface area contributed by atoms with Crippen LogP contribution in [-0.4, -0.2) is 70.6 Å². The Morgan fingerprint density at radius 3 is 2.76 bits per heavy atom. The van der Waals surface area contributed by atoms with Crippen molar-refractivity contribution >= 4 is 11.9 Å². The third kappa shape index (κ3) is 3.79. The van der Waals surface area contributed by atoms with Crippen LogP contribution in [0, 0.1) is 0 Å². The maximum atomic E-state index is 12.2. The number of aromatic carboxylic acids is 1. The molecule has 2 N–H and O–H groups in total. The molecule has 1 aliphatic heterocycles. The molecule has 1 aromatic heterocycles. The zero-order valence-electron chi connectivity index (χ0n) is 12.2. The van der Waals surface area contributed by atoms with Gasteiger partial charge in [-0.1, -0.05) is 0 Å². The van der Waals surface area contributed by atoms with Crippen molar-refractivity contribution in [3.05, 3.63) is 17.5 Å². The number of aryl methyl sites for hydroxylation is 1. The van der Waals surface area contributed by atoms with E-state index < -0.39 is 11.9 Å². The van der Waals surface area contributed by atoms with Crippen molar-refractivity contribution in [2.45, 2.75) is 13.0 Å². The standard InChI is InChI=1S/C13H20N4O4/c1-9(8-17-3-5-21-6-4-17)15-12(18)11-10(13(19)20)7-14-16(11)2/h7,9H,3-6,8H2,1-2H3,(H,15,18)(H,19,20). The van der Waals surface area contributed by atoms with E-state index in [0.717, 1.165) is 13.1 Å². The fourth-order valence-corrected chi connectivity index (χ4v) is 2.37. The molecule has 0 bridgehead atoms. The lowest BCUT2D eigenvalue weighted by Gasteiger charge is -2.29. The van der Waals surface area contributed by atoms with Crippen LogP contribution in [0.25, 0.3) is 0 Å². The molecule has 0 aliphatic carbocycles. The highest BCUT2D eigenvalue weighted by Crippen LogP contribution is 2.08. The average Bonchev–Trinajstić information content (AvgIpc) is 2.81. The number of rotatable bonds is 5. The number of amides is 1. The number of aromatic nitrogens is 2. The van der Waals surface area contributed by atoms with Gasteiger partial charge in [-0.3, -0.25) is 14.4 Å². The smallest absolute Gasteiger partial charge is 0.339 e. The van der Waals surface area contributed by atoms with Crippen molar-refractivity contribution in [3.63, 3.8) is 0 Å². The molecule has 0 aromatic carbocycles. The molecule has 1 atom stereocenters. The predicted molar refractivity (Wildman–Crippen MR) is 74.4 cm³/mol. The first-order valence-corrected chi connectivity index (χ1v) is 6.85. The van der Waals surface area contributed by atoms with Crippen molar-refractivity contribution in [1.82, 2.24) is 20.0 Å². The summed E-state index contributed by atoms with van der Waals surface area (Å²) in [6.07, 6.45) is 1.18. The minimum atomic E-state index is -1.16. The van der Waals surface area contributed by atoms with E-state index in [1.54, 1.807) is 7.05 Å². The van der Waals surface area contributed by atoms with Crippen molar-refractivity contribution in [3.8, 4) is 0 Å². The molecule has 0 spiro atoms. The molecule has 1 saturated heterocycles. The van der Waals surface area contributed by atoms with Gasteiger partial charge in [0.2, 0.25) is 0 Å². The number of hydrogen-bond donors (Lipinski definition) is 2. The highest BCUT2D eigenvalue weighted by atomic mass is 16.5. The summed E-state index contributed by atoms with van der Waals surface area (Å²) < 4.78 is 6.55. The highest BCUT2D eigenvalue weighted by Gasteiger charge is 2.23. The van der Waals surface area contributed by atoms with Gasteiger partial charge in [-0.15, -0.1) is 0 Å². The van der Waals surface area contributed by atoms with Crippen LogP contribution in [0.5, 0.6) is 0 Å². The SMILES string of the molecule is CC(CN1CCOCC1)NC(=O)c1c(C(=O)O)cnn1C. The maximum absolute atomic E-state index is 12.2. The van der Waals surface area contributed by atoms with Gasteiger partial charge in [-0.05, 0) is 6.92 Å². The summed E-state index contributed by atoms with van der Waals surface area (Å²) in [5.74, 6) is -1.58. The molecular formula is C13H20N4O4. The molecule has 0 radical (unpaired) electrons. The fraction of sp³-hybridized carbons (Fsp3) is 0.615. The van der Waals surface area contributed by atoms with Crippen LogP contribution in [0.2, 0.25) is 0 Å².